The van der Waals surface area contributed by atoms with Crippen molar-refractivity contribution >= 4 is 28.3 Å². The molecule has 0 amide bonds. The van der Waals surface area contributed by atoms with Crippen LogP contribution in [0.3, 0.4) is 0 Å². The van der Waals surface area contributed by atoms with Crippen molar-refractivity contribution in [3.8, 4) is 22.6 Å². The molecule has 0 aliphatic carbocycles. The van der Waals surface area contributed by atoms with Crippen molar-refractivity contribution < 1.29 is 26.1 Å². The van der Waals surface area contributed by atoms with Crippen molar-refractivity contribution in [1.82, 2.24) is 15.5 Å². The van der Waals surface area contributed by atoms with Crippen LogP contribution in [-0.2, 0) is 22.5 Å². The van der Waals surface area contributed by atoms with Crippen LogP contribution in [-0.4, -0.2) is 25.1 Å². The van der Waals surface area contributed by atoms with Gasteiger partial charge in [-0.1, -0.05) is 59.8 Å². The largest absolute Gasteiger partial charge is 0.445 e. The molecule has 0 spiro atoms. The number of oxazole rings is 1. The number of rotatable bonds is 10. The number of benzene rings is 3. The van der Waals surface area contributed by atoms with E-state index in [4.69, 9.17) is 8.94 Å². The molecule has 0 aliphatic heterocycles. The predicted octanol–water partition coefficient (Wildman–Crippen LogP) is 6.72. The van der Waals surface area contributed by atoms with E-state index in [1.807, 2.05) is 0 Å². The van der Waals surface area contributed by atoms with Gasteiger partial charge in [-0.3, -0.25) is 0 Å². The Bertz CT molecular complexity index is 1730. The first-order valence-electron chi connectivity index (χ1n) is 12.4. The van der Waals surface area contributed by atoms with E-state index in [1.54, 1.807) is 68.4 Å². The molecule has 0 aliphatic rings. The molecule has 0 unspecified atom stereocenters. The van der Waals surface area contributed by atoms with Crippen molar-refractivity contribution in [3.05, 3.63) is 108 Å². The van der Waals surface area contributed by atoms with Crippen molar-refractivity contribution in [2.75, 3.05) is 11.3 Å². The number of nitrogens with zero attached hydrogens (tertiary/aromatic N) is 2. The lowest BCUT2D eigenvalue weighted by Gasteiger charge is -2.19. The van der Waals surface area contributed by atoms with E-state index in [2.05, 4.69) is 20.2 Å². The molecule has 0 saturated carbocycles. The van der Waals surface area contributed by atoms with E-state index >= 15 is 0 Å². The molecule has 214 valence electrons. The van der Waals surface area contributed by atoms with Crippen LogP contribution in [0.4, 0.5) is 14.7 Å². The van der Waals surface area contributed by atoms with E-state index < -0.39 is 22.5 Å². The molecule has 2 N–H and O–H groups in total. The normalized spacial score (nSPS) is 11.7. The van der Waals surface area contributed by atoms with Gasteiger partial charge in [0, 0.05) is 28.8 Å². The van der Waals surface area contributed by atoms with Crippen LogP contribution in [0.15, 0.2) is 99.1 Å². The fraction of sp³-hybridized carbons (Fsp3) is 0.172. The van der Waals surface area contributed by atoms with E-state index in [1.165, 1.54) is 30.7 Å². The monoisotopic (exact) mass is 600 g/mol. The highest BCUT2D eigenvalue weighted by atomic mass is 35.5. The fourth-order valence-electron chi connectivity index (χ4n) is 4.25. The Morgan fingerprint density at radius 2 is 1.68 bits per heavy atom. The van der Waals surface area contributed by atoms with E-state index in [-0.39, 0.29) is 35.3 Å². The van der Waals surface area contributed by atoms with Crippen LogP contribution in [0.25, 0.3) is 22.6 Å². The Labute approximate surface area is 242 Å². The highest BCUT2D eigenvalue weighted by Crippen LogP contribution is 2.34. The van der Waals surface area contributed by atoms with Gasteiger partial charge in [0.1, 0.15) is 6.26 Å². The van der Waals surface area contributed by atoms with Gasteiger partial charge in [0.25, 0.3) is 15.9 Å². The van der Waals surface area contributed by atoms with Gasteiger partial charge in [-0.25, -0.2) is 18.1 Å². The first kappa shape index (κ1) is 29.9. The second kappa shape index (κ2) is 12.2. The SMILES string of the molecule is Cc1noc(NS(=O)(=O)c2ccccc2-c2ccc(-c3ncco3)cc2CNCC(F)(F)c2ccccc2)c1C.Cl. The second-order valence-corrected chi connectivity index (χ2v) is 10.9. The standard InChI is InChI=1S/C29H26F2N4O4S.ClH/c1-19-20(2)34-39-27(19)35-40(36,37)26-11-7-6-10-25(26)24-13-12-21(28-33-14-15-38-28)16-22(24)17-32-18-29(30,31)23-8-4-3-5-9-23;/h3-16,32,35H,17-18H2,1-2H3;1H. The van der Waals surface area contributed by atoms with Gasteiger partial charge < -0.3 is 14.3 Å². The lowest BCUT2D eigenvalue weighted by Crippen LogP contribution is -2.30. The minimum atomic E-state index is -4.11. The zero-order valence-corrected chi connectivity index (χ0v) is 23.7. The molecule has 2 heterocycles. The number of sulfonamides is 1. The first-order chi connectivity index (χ1) is 19.2. The molecular weight excluding hydrogens is 574 g/mol. The highest BCUT2D eigenvalue weighted by molar-refractivity contribution is 7.92. The van der Waals surface area contributed by atoms with Gasteiger partial charge in [-0.05, 0) is 43.2 Å². The van der Waals surface area contributed by atoms with Crippen LogP contribution in [0, 0.1) is 13.8 Å². The third-order valence-corrected chi connectivity index (χ3v) is 7.88. The number of nitrogens with one attached hydrogen (secondary N) is 2. The van der Waals surface area contributed by atoms with Crippen molar-refractivity contribution in [2.45, 2.75) is 31.2 Å². The van der Waals surface area contributed by atoms with Gasteiger partial charge in [-0.2, -0.15) is 8.78 Å². The van der Waals surface area contributed by atoms with Gasteiger partial charge in [0.15, 0.2) is 0 Å². The highest BCUT2D eigenvalue weighted by Gasteiger charge is 2.31. The molecule has 0 fully saturated rings. The number of halogens is 3. The van der Waals surface area contributed by atoms with Crippen LogP contribution in [0.5, 0.6) is 0 Å². The molecule has 8 nitrogen and oxygen atoms in total. The summed E-state index contributed by atoms with van der Waals surface area (Å²) in [5, 5.41) is 6.65. The molecule has 41 heavy (non-hydrogen) atoms. The average molecular weight is 601 g/mol. The third kappa shape index (κ3) is 6.48. The molecule has 3 aromatic carbocycles. The Kier molecular flexibility index (Phi) is 8.91. The summed E-state index contributed by atoms with van der Waals surface area (Å²) in [5.74, 6) is -2.74. The Morgan fingerprint density at radius 1 is 0.951 bits per heavy atom. The second-order valence-electron chi connectivity index (χ2n) is 9.21. The summed E-state index contributed by atoms with van der Waals surface area (Å²) in [7, 11) is -4.11. The van der Waals surface area contributed by atoms with Crippen LogP contribution in [0.2, 0.25) is 0 Å². The predicted molar refractivity (Wildman–Crippen MR) is 153 cm³/mol. The molecule has 0 saturated heterocycles. The third-order valence-electron chi connectivity index (χ3n) is 6.49. The lowest BCUT2D eigenvalue weighted by molar-refractivity contribution is -0.00343. The Hall–Kier alpha value is -4.06. The maximum atomic E-state index is 14.9. The minimum Gasteiger partial charge on any atom is -0.445 e. The number of anilines is 1. The summed E-state index contributed by atoms with van der Waals surface area (Å²) in [5.41, 5.74) is 3.15. The Balaban J connectivity index is 0.00000387. The summed E-state index contributed by atoms with van der Waals surface area (Å²) in [6.45, 7) is 2.81. The summed E-state index contributed by atoms with van der Waals surface area (Å²) in [4.78, 5) is 4.16. The zero-order chi connectivity index (χ0) is 28.3. The fourth-order valence-corrected chi connectivity index (χ4v) is 5.52. The molecule has 5 rings (SSSR count). The van der Waals surface area contributed by atoms with E-state index in [0.717, 1.165) is 0 Å². The molecule has 12 heteroatoms. The van der Waals surface area contributed by atoms with Crippen molar-refractivity contribution in [3.63, 3.8) is 0 Å². The topological polar surface area (TPSA) is 110 Å². The molecular formula is C29H27ClF2N4O4S. The van der Waals surface area contributed by atoms with Crippen LogP contribution >= 0.6 is 12.4 Å². The smallest absolute Gasteiger partial charge is 0.285 e. The Morgan fingerprint density at radius 3 is 2.37 bits per heavy atom. The van der Waals surface area contributed by atoms with Gasteiger partial charge in [-0.15, -0.1) is 12.4 Å². The molecule has 0 radical (unpaired) electrons. The molecule has 0 bridgehead atoms. The summed E-state index contributed by atoms with van der Waals surface area (Å²) in [6, 6.07) is 19.2. The maximum absolute atomic E-state index is 14.9. The number of aromatic nitrogens is 2. The molecule has 2 aromatic heterocycles. The zero-order valence-electron chi connectivity index (χ0n) is 22.1. The van der Waals surface area contributed by atoms with Gasteiger partial charge >= 0.3 is 0 Å². The van der Waals surface area contributed by atoms with E-state index in [0.29, 0.717) is 39.4 Å². The van der Waals surface area contributed by atoms with Crippen molar-refractivity contribution in [2.24, 2.45) is 0 Å². The lowest BCUT2D eigenvalue weighted by atomic mass is 9.97. The number of hydrogen-bond acceptors (Lipinski definition) is 7. The average Bonchev–Trinajstić information content (AvgIpc) is 3.60. The number of aryl methyl sites for hydroxylation is 1. The summed E-state index contributed by atoms with van der Waals surface area (Å²) in [6.07, 6.45) is 2.94. The number of alkyl halides is 2. The minimum absolute atomic E-state index is 0. The summed E-state index contributed by atoms with van der Waals surface area (Å²) >= 11 is 0. The van der Waals surface area contributed by atoms with Gasteiger partial charge in [0.05, 0.1) is 23.3 Å². The number of hydrogen-bond donors (Lipinski definition) is 2. The van der Waals surface area contributed by atoms with Crippen molar-refractivity contribution in [1.29, 1.82) is 0 Å². The summed E-state index contributed by atoms with van der Waals surface area (Å²) < 4.78 is 69.7. The van der Waals surface area contributed by atoms with Crippen LogP contribution in [0.1, 0.15) is 22.4 Å². The van der Waals surface area contributed by atoms with E-state index in [9.17, 15) is 17.2 Å². The first-order valence-corrected chi connectivity index (χ1v) is 13.9. The van der Waals surface area contributed by atoms with Crippen LogP contribution < -0.4 is 10.0 Å². The maximum Gasteiger partial charge on any atom is 0.285 e. The van der Waals surface area contributed by atoms with Gasteiger partial charge in [0.2, 0.25) is 11.8 Å². The molecule has 0 atom stereocenters. The molecule has 5 aromatic rings. The quantitative estimate of drug-likeness (QED) is 0.183.